The summed E-state index contributed by atoms with van der Waals surface area (Å²) >= 11 is 0. The summed E-state index contributed by atoms with van der Waals surface area (Å²) in [5.41, 5.74) is 0. The first-order chi connectivity index (χ1) is 8.11. The molecule has 104 valence electrons. The minimum Gasteiger partial charge on any atom is -0.316 e. The van der Waals surface area contributed by atoms with E-state index in [1.807, 2.05) is 0 Å². The van der Waals surface area contributed by atoms with Crippen LogP contribution in [0.15, 0.2) is 0 Å². The minimum absolute atomic E-state index is 0.742. The average molecular weight is 242 g/mol. The lowest BCUT2D eigenvalue weighted by Gasteiger charge is -2.28. The Kier molecular flexibility index (Phi) is 11.0. The van der Waals surface area contributed by atoms with Crippen molar-refractivity contribution < 1.29 is 0 Å². The number of nitrogens with zero attached hydrogens (tertiary/aromatic N) is 1. The summed E-state index contributed by atoms with van der Waals surface area (Å²) in [6.45, 7) is 16.3. The van der Waals surface area contributed by atoms with Gasteiger partial charge in [-0.25, -0.2) is 0 Å². The molecule has 0 amide bonds. The molecule has 0 aromatic rings. The summed E-state index contributed by atoms with van der Waals surface area (Å²) in [5.74, 6) is 0.765. The van der Waals surface area contributed by atoms with Crippen LogP contribution in [0.3, 0.4) is 0 Å². The van der Waals surface area contributed by atoms with E-state index in [9.17, 15) is 0 Å². The Morgan fingerprint density at radius 2 is 1.65 bits per heavy atom. The van der Waals surface area contributed by atoms with Crippen LogP contribution in [0.25, 0.3) is 0 Å². The van der Waals surface area contributed by atoms with Gasteiger partial charge in [0.15, 0.2) is 0 Å². The van der Waals surface area contributed by atoms with Crippen LogP contribution in [0.5, 0.6) is 0 Å². The molecule has 0 saturated carbocycles. The molecule has 0 heterocycles. The molecule has 0 saturated heterocycles. The molecule has 0 spiro atoms. The zero-order chi connectivity index (χ0) is 13.1. The zero-order valence-corrected chi connectivity index (χ0v) is 12.8. The number of hydrogen-bond donors (Lipinski definition) is 1. The summed E-state index contributed by atoms with van der Waals surface area (Å²) in [7, 11) is 0. The molecule has 0 fully saturated rings. The van der Waals surface area contributed by atoms with Gasteiger partial charge in [0.1, 0.15) is 0 Å². The van der Waals surface area contributed by atoms with Crippen LogP contribution in [0.2, 0.25) is 0 Å². The van der Waals surface area contributed by atoms with Crippen molar-refractivity contribution in [3.8, 4) is 0 Å². The maximum atomic E-state index is 3.53. The highest BCUT2D eigenvalue weighted by atomic mass is 15.1. The van der Waals surface area contributed by atoms with Gasteiger partial charge in [0, 0.05) is 6.04 Å². The second kappa shape index (κ2) is 11.0. The number of hydrogen-bond acceptors (Lipinski definition) is 2. The standard InChI is InChI=1S/C15H34N2/c1-6-8-11-17(15(5)7-2)12-9-10-16-13-14(3)4/h14-16H,6-13H2,1-5H3. The molecule has 0 aromatic heterocycles. The predicted octanol–water partition coefficient (Wildman–Crippen LogP) is 3.52. The summed E-state index contributed by atoms with van der Waals surface area (Å²) in [4.78, 5) is 2.65. The predicted molar refractivity (Wildman–Crippen MR) is 78.6 cm³/mol. The van der Waals surface area contributed by atoms with Crippen LogP contribution in [-0.2, 0) is 0 Å². The van der Waals surface area contributed by atoms with E-state index in [-0.39, 0.29) is 0 Å². The van der Waals surface area contributed by atoms with Gasteiger partial charge in [0.05, 0.1) is 0 Å². The first-order valence-corrected chi connectivity index (χ1v) is 7.56. The first-order valence-electron chi connectivity index (χ1n) is 7.56. The van der Waals surface area contributed by atoms with Crippen molar-refractivity contribution in [2.24, 2.45) is 5.92 Å². The molecule has 0 rings (SSSR count). The third-order valence-electron chi connectivity index (χ3n) is 3.36. The van der Waals surface area contributed by atoms with Crippen molar-refractivity contribution >= 4 is 0 Å². The lowest BCUT2D eigenvalue weighted by atomic mass is 10.2. The van der Waals surface area contributed by atoms with E-state index in [4.69, 9.17) is 0 Å². The second-order valence-corrected chi connectivity index (χ2v) is 5.60. The summed E-state index contributed by atoms with van der Waals surface area (Å²) in [6, 6.07) is 0.742. The van der Waals surface area contributed by atoms with Crippen LogP contribution in [-0.4, -0.2) is 37.1 Å². The Bertz CT molecular complexity index is 157. The molecule has 2 nitrogen and oxygen atoms in total. The van der Waals surface area contributed by atoms with Gasteiger partial charge >= 0.3 is 0 Å². The molecule has 1 unspecified atom stereocenters. The van der Waals surface area contributed by atoms with Gasteiger partial charge in [-0.1, -0.05) is 34.1 Å². The molecule has 0 aliphatic rings. The SMILES string of the molecule is CCCCN(CCCNCC(C)C)C(C)CC. The van der Waals surface area contributed by atoms with Gasteiger partial charge in [-0.05, 0) is 58.3 Å². The maximum absolute atomic E-state index is 3.53. The summed E-state index contributed by atoms with van der Waals surface area (Å²) in [6.07, 6.45) is 5.19. The van der Waals surface area contributed by atoms with Crippen LogP contribution in [0.1, 0.15) is 60.3 Å². The van der Waals surface area contributed by atoms with E-state index >= 15 is 0 Å². The first kappa shape index (κ1) is 16.9. The van der Waals surface area contributed by atoms with Crippen LogP contribution >= 0.6 is 0 Å². The average Bonchev–Trinajstić information content (AvgIpc) is 2.31. The monoisotopic (exact) mass is 242 g/mol. The fraction of sp³-hybridized carbons (Fsp3) is 1.00. The van der Waals surface area contributed by atoms with Gasteiger partial charge in [-0.3, -0.25) is 0 Å². The van der Waals surface area contributed by atoms with E-state index < -0.39 is 0 Å². The van der Waals surface area contributed by atoms with Crippen molar-refractivity contribution in [2.75, 3.05) is 26.2 Å². The van der Waals surface area contributed by atoms with E-state index in [0.717, 1.165) is 25.0 Å². The third-order valence-corrected chi connectivity index (χ3v) is 3.36. The van der Waals surface area contributed by atoms with Gasteiger partial charge < -0.3 is 10.2 Å². The molecule has 0 radical (unpaired) electrons. The van der Waals surface area contributed by atoms with Gasteiger partial charge in [0.2, 0.25) is 0 Å². The van der Waals surface area contributed by atoms with Gasteiger partial charge in [0.25, 0.3) is 0 Å². The molecule has 0 aliphatic heterocycles. The number of rotatable bonds is 11. The van der Waals surface area contributed by atoms with E-state index in [1.165, 1.54) is 38.8 Å². The molecular weight excluding hydrogens is 208 g/mol. The number of nitrogens with one attached hydrogen (secondary N) is 1. The largest absolute Gasteiger partial charge is 0.316 e. The molecule has 0 aliphatic carbocycles. The highest BCUT2D eigenvalue weighted by Gasteiger charge is 2.10. The van der Waals surface area contributed by atoms with Crippen LogP contribution < -0.4 is 5.32 Å². The second-order valence-electron chi connectivity index (χ2n) is 5.60. The Morgan fingerprint density at radius 3 is 2.18 bits per heavy atom. The third kappa shape index (κ3) is 9.61. The molecule has 17 heavy (non-hydrogen) atoms. The Morgan fingerprint density at radius 1 is 1.00 bits per heavy atom. The summed E-state index contributed by atoms with van der Waals surface area (Å²) in [5, 5.41) is 3.53. The molecule has 1 N–H and O–H groups in total. The fourth-order valence-corrected chi connectivity index (χ4v) is 1.97. The molecule has 0 bridgehead atoms. The van der Waals surface area contributed by atoms with Crippen molar-refractivity contribution in [1.29, 1.82) is 0 Å². The molecule has 2 heteroatoms. The lowest BCUT2D eigenvalue weighted by molar-refractivity contribution is 0.198. The Balaban J connectivity index is 3.67. The normalized spacial score (nSPS) is 13.6. The molecular formula is C15H34N2. The van der Waals surface area contributed by atoms with Gasteiger partial charge in [-0.2, -0.15) is 0 Å². The highest BCUT2D eigenvalue weighted by molar-refractivity contribution is 4.66. The van der Waals surface area contributed by atoms with Gasteiger partial charge in [-0.15, -0.1) is 0 Å². The zero-order valence-electron chi connectivity index (χ0n) is 12.8. The van der Waals surface area contributed by atoms with E-state index in [2.05, 4.69) is 44.8 Å². The van der Waals surface area contributed by atoms with Crippen LogP contribution in [0.4, 0.5) is 0 Å². The minimum atomic E-state index is 0.742. The van der Waals surface area contributed by atoms with Crippen molar-refractivity contribution in [1.82, 2.24) is 10.2 Å². The molecule has 1 atom stereocenters. The molecule has 0 aromatic carbocycles. The van der Waals surface area contributed by atoms with Crippen molar-refractivity contribution in [3.63, 3.8) is 0 Å². The summed E-state index contributed by atoms with van der Waals surface area (Å²) < 4.78 is 0. The quantitative estimate of drug-likeness (QED) is 0.558. The topological polar surface area (TPSA) is 15.3 Å². The van der Waals surface area contributed by atoms with E-state index in [1.54, 1.807) is 0 Å². The Hall–Kier alpha value is -0.0800. The maximum Gasteiger partial charge on any atom is 0.00643 e. The fourth-order valence-electron chi connectivity index (χ4n) is 1.97. The van der Waals surface area contributed by atoms with Crippen molar-refractivity contribution in [3.05, 3.63) is 0 Å². The number of unbranched alkanes of at least 4 members (excludes halogenated alkanes) is 1. The smallest absolute Gasteiger partial charge is 0.00643 e. The van der Waals surface area contributed by atoms with Crippen molar-refractivity contribution in [2.45, 2.75) is 66.3 Å². The van der Waals surface area contributed by atoms with Crippen LogP contribution in [0, 0.1) is 5.92 Å². The Labute approximate surface area is 109 Å². The highest BCUT2D eigenvalue weighted by Crippen LogP contribution is 2.06. The van der Waals surface area contributed by atoms with E-state index in [0.29, 0.717) is 0 Å². The lowest BCUT2D eigenvalue weighted by Crippen LogP contribution is -2.36.